The number of carbonyl (C=O) groups is 1. The molecule has 3 rings (SSSR count). The van der Waals surface area contributed by atoms with Crippen molar-refractivity contribution in [1.29, 1.82) is 0 Å². The van der Waals surface area contributed by atoms with E-state index in [1.54, 1.807) is 6.08 Å². The van der Waals surface area contributed by atoms with Crippen LogP contribution in [-0.4, -0.2) is 5.78 Å². The Morgan fingerprint density at radius 3 is 1.81 bits per heavy atom. The lowest BCUT2D eigenvalue weighted by molar-refractivity contribution is -0.318. The van der Waals surface area contributed by atoms with Crippen LogP contribution in [-0.2, 0) is 28.8 Å². The van der Waals surface area contributed by atoms with Crippen molar-refractivity contribution in [1.82, 2.24) is 0 Å². The summed E-state index contributed by atoms with van der Waals surface area (Å²) in [5, 5.41) is 13.1. The third-order valence-electron chi connectivity index (χ3n) is 6.89. The van der Waals surface area contributed by atoms with E-state index >= 15 is 0 Å². The number of allylic oxidation sites excluding steroid dienone is 8. The molecule has 0 amide bonds. The third-order valence-corrected chi connectivity index (χ3v) is 6.89. The Labute approximate surface area is 217 Å². The smallest absolute Gasteiger partial charge is 0.329 e. The van der Waals surface area contributed by atoms with Crippen LogP contribution in [0.5, 0.6) is 0 Å². The predicted octanol–water partition coefficient (Wildman–Crippen LogP) is 7.71. The van der Waals surface area contributed by atoms with Crippen molar-refractivity contribution in [2.75, 3.05) is 0 Å². The predicted molar refractivity (Wildman–Crippen MR) is 144 cm³/mol. The number of unbranched alkanes of at least 4 members (excludes halogenated alkanes) is 4. The summed E-state index contributed by atoms with van der Waals surface area (Å²) in [6.07, 6.45) is 18.4. The summed E-state index contributed by atoms with van der Waals surface area (Å²) >= 11 is 0. The zero-order valence-electron chi connectivity index (χ0n) is 22.8. The van der Waals surface area contributed by atoms with Crippen LogP contribution in [0.2, 0.25) is 0 Å². The highest BCUT2D eigenvalue weighted by atomic mass is 16.5. The van der Waals surface area contributed by atoms with E-state index in [0.717, 1.165) is 111 Å². The molecule has 0 aromatic carbocycles. The van der Waals surface area contributed by atoms with E-state index in [0.29, 0.717) is 12.0 Å². The fraction of sp³-hybridized carbons (Fsp3) is 0.562. The zero-order chi connectivity index (χ0) is 25.9. The SMILES string of the molecule is CCCCC1=CC(=CC2=C([O-])C(Cc3cc(CCCC)[o+]c(CCCC)c3)C2=O)C=C(CCCC)O1. The Morgan fingerprint density at radius 2 is 1.33 bits per heavy atom. The molecule has 0 radical (unpaired) electrons. The molecule has 4 nitrogen and oxygen atoms in total. The van der Waals surface area contributed by atoms with Crippen LogP contribution < -0.4 is 5.11 Å². The minimum absolute atomic E-state index is 0.0444. The minimum atomic E-state index is -0.579. The average molecular weight is 493 g/mol. The number of hydrogen-bond donors (Lipinski definition) is 0. The molecule has 4 heteroatoms. The molecule has 1 unspecified atom stereocenters. The molecule has 36 heavy (non-hydrogen) atoms. The molecule has 2 heterocycles. The Hall–Kier alpha value is -2.62. The van der Waals surface area contributed by atoms with Gasteiger partial charge in [0.15, 0.2) is 5.78 Å². The molecule has 1 atom stereocenters. The Kier molecular flexibility index (Phi) is 11.0. The normalized spacial score (nSPS) is 17.5. The summed E-state index contributed by atoms with van der Waals surface area (Å²) in [5.41, 5.74) is 2.26. The van der Waals surface area contributed by atoms with Crippen molar-refractivity contribution < 1.29 is 19.1 Å². The van der Waals surface area contributed by atoms with Gasteiger partial charge in [0.2, 0.25) is 0 Å². The molecular weight excluding hydrogens is 448 g/mol. The standard InChI is InChI=1S/C32H44O4/c1-5-9-13-25-17-23(18-26(35-25)14-10-6-2)21-29-31(33)30(32(29)34)22-24-19-27(15-11-7-3)36-28(20-24)16-12-8-4/h17-21,30H,5-16,22H2,1-4H3. The molecule has 0 N–H and O–H groups in total. The first-order valence-electron chi connectivity index (χ1n) is 14.2. The second-order valence-corrected chi connectivity index (χ2v) is 10.2. The highest BCUT2D eigenvalue weighted by molar-refractivity contribution is 6.08. The number of hydrogen-bond acceptors (Lipinski definition) is 3. The summed E-state index contributed by atoms with van der Waals surface area (Å²) in [5.74, 6) is 3.12. The summed E-state index contributed by atoms with van der Waals surface area (Å²) in [4.78, 5) is 13.1. The van der Waals surface area contributed by atoms with Gasteiger partial charge in [0.1, 0.15) is 11.5 Å². The largest absolute Gasteiger partial charge is 0.874 e. The van der Waals surface area contributed by atoms with E-state index in [1.165, 1.54) is 0 Å². The molecule has 0 saturated heterocycles. The Balaban J connectivity index is 1.80. The fourth-order valence-electron chi connectivity index (χ4n) is 4.69. The number of ether oxygens (including phenoxy) is 1. The molecule has 1 aliphatic heterocycles. The van der Waals surface area contributed by atoms with Crippen molar-refractivity contribution in [2.45, 2.75) is 111 Å². The van der Waals surface area contributed by atoms with Crippen LogP contribution in [0.1, 0.15) is 109 Å². The molecule has 196 valence electrons. The second-order valence-electron chi connectivity index (χ2n) is 10.2. The lowest BCUT2D eigenvalue weighted by Crippen LogP contribution is -2.38. The number of carbonyl (C=O) groups excluding carboxylic acids is 1. The van der Waals surface area contributed by atoms with Crippen molar-refractivity contribution >= 4 is 5.78 Å². The first-order valence-corrected chi connectivity index (χ1v) is 14.2. The van der Waals surface area contributed by atoms with Gasteiger partial charge in [0.25, 0.3) is 0 Å². The van der Waals surface area contributed by atoms with Gasteiger partial charge in [0.05, 0.1) is 12.8 Å². The molecule has 0 bridgehead atoms. The maximum atomic E-state index is 13.1. The lowest BCUT2D eigenvalue weighted by atomic mass is 9.77. The summed E-state index contributed by atoms with van der Waals surface area (Å²) in [6.45, 7) is 8.66. The van der Waals surface area contributed by atoms with Gasteiger partial charge in [0, 0.05) is 36.5 Å². The highest BCUT2D eigenvalue weighted by Gasteiger charge is 2.33. The van der Waals surface area contributed by atoms with Gasteiger partial charge in [-0.1, -0.05) is 53.4 Å². The van der Waals surface area contributed by atoms with E-state index in [2.05, 4.69) is 27.7 Å². The second kappa shape index (κ2) is 14.2. The van der Waals surface area contributed by atoms with E-state index in [1.807, 2.05) is 24.3 Å². The highest BCUT2D eigenvalue weighted by Crippen LogP contribution is 2.34. The Bertz CT molecular complexity index is 972. The Morgan fingerprint density at radius 1 is 0.833 bits per heavy atom. The quantitative estimate of drug-likeness (QED) is 0.235. The molecule has 0 saturated carbocycles. The molecule has 0 spiro atoms. The van der Waals surface area contributed by atoms with Crippen LogP contribution in [0.4, 0.5) is 0 Å². The van der Waals surface area contributed by atoms with E-state index in [-0.39, 0.29) is 11.5 Å². The van der Waals surface area contributed by atoms with Crippen molar-refractivity contribution in [2.24, 2.45) is 5.92 Å². The van der Waals surface area contributed by atoms with Gasteiger partial charge in [-0.05, 0) is 61.5 Å². The van der Waals surface area contributed by atoms with Crippen LogP contribution in [0.3, 0.4) is 0 Å². The molecule has 2 aliphatic rings. The number of Topliss-reactive ketones (excluding diaryl/α,β-unsaturated/α-hetero) is 1. The average Bonchev–Trinajstić information content (AvgIpc) is 2.89. The zero-order valence-corrected chi connectivity index (χ0v) is 22.8. The number of ketones is 1. The van der Waals surface area contributed by atoms with Crippen molar-refractivity contribution in [3.63, 3.8) is 0 Å². The lowest BCUT2D eigenvalue weighted by Gasteiger charge is -2.35. The van der Waals surface area contributed by atoms with E-state index < -0.39 is 5.92 Å². The molecule has 0 fully saturated rings. The first kappa shape index (κ1) is 28.0. The summed E-state index contributed by atoms with van der Waals surface area (Å²) in [7, 11) is 0. The molecule has 1 aromatic heterocycles. The van der Waals surface area contributed by atoms with Crippen molar-refractivity contribution in [3.05, 3.63) is 75.9 Å². The molecule has 1 aliphatic carbocycles. The first-order chi connectivity index (χ1) is 17.5. The maximum absolute atomic E-state index is 13.1. The van der Waals surface area contributed by atoms with Crippen molar-refractivity contribution in [3.8, 4) is 0 Å². The molecule has 1 aromatic rings. The third kappa shape index (κ3) is 7.69. The van der Waals surface area contributed by atoms with Crippen LogP contribution in [0, 0.1) is 5.92 Å². The van der Waals surface area contributed by atoms with E-state index in [9.17, 15) is 9.90 Å². The topological polar surface area (TPSA) is 60.7 Å². The van der Waals surface area contributed by atoms with Crippen LogP contribution >= 0.6 is 0 Å². The van der Waals surface area contributed by atoms with Gasteiger partial charge in [-0.2, -0.15) is 0 Å². The van der Waals surface area contributed by atoms with Gasteiger partial charge in [-0.25, -0.2) is 4.42 Å². The number of aryl methyl sites for hydroxylation is 2. The number of rotatable bonds is 15. The summed E-state index contributed by atoms with van der Waals surface area (Å²) < 4.78 is 12.2. The van der Waals surface area contributed by atoms with E-state index in [4.69, 9.17) is 9.15 Å². The fourth-order valence-corrected chi connectivity index (χ4v) is 4.69. The van der Waals surface area contributed by atoms with Crippen LogP contribution in [0.15, 0.2) is 63.2 Å². The minimum Gasteiger partial charge on any atom is -0.874 e. The molecular formula is C32H44O4. The van der Waals surface area contributed by atoms with Gasteiger partial charge >= 0.3 is 11.5 Å². The maximum Gasteiger partial charge on any atom is 0.329 e. The monoisotopic (exact) mass is 492 g/mol. The van der Waals surface area contributed by atoms with Gasteiger partial charge in [-0.3, -0.25) is 4.79 Å². The van der Waals surface area contributed by atoms with Gasteiger partial charge < -0.3 is 9.84 Å². The van der Waals surface area contributed by atoms with Crippen LogP contribution in [0.25, 0.3) is 0 Å². The van der Waals surface area contributed by atoms with Gasteiger partial charge in [-0.15, -0.1) is 5.76 Å². The summed E-state index contributed by atoms with van der Waals surface area (Å²) in [6, 6.07) is 4.10.